The number of aliphatic hydroxyl groups is 1. The number of aromatic nitrogens is 2. The van der Waals surface area contributed by atoms with E-state index in [9.17, 15) is 5.11 Å². The van der Waals surface area contributed by atoms with Crippen molar-refractivity contribution in [3.8, 4) is 0 Å². The molecule has 2 rings (SSSR count). The van der Waals surface area contributed by atoms with Gasteiger partial charge >= 0.3 is 0 Å². The lowest BCUT2D eigenvalue weighted by atomic mass is 10.1. The normalized spacial score (nSPS) is 12.6. The van der Waals surface area contributed by atoms with Crippen molar-refractivity contribution in [3.05, 3.63) is 53.3 Å². The first-order valence-corrected chi connectivity index (χ1v) is 7.22. The molecule has 0 aliphatic carbocycles. The summed E-state index contributed by atoms with van der Waals surface area (Å²) in [5, 5.41) is 16.6. The van der Waals surface area contributed by atoms with Crippen molar-refractivity contribution in [1.29, 1.82) is 0 Å². The Bertz CT molecular complexity index is 522. The Hall–Kier alpha value is -1.65. The fraction of sp³-hybridized carbons (Fsp3) is 0.438. The fourth-order valence-electron chi connectivity index (χ4n) is 2.37. The van der Waals surface area contributed by atoms with Gasteiger partial charge in [-0.15, -0.1) is 0 Å². The number of benzene rings is 1. The highest BCUT2D eigenvalue weighted by Crippen LogP contribution is 2.08. The molecule has 0 spiro atoms. The molecule has 108 valence electrons. The van der Waals surface area contributed by atoms with Crippen LogP contribution in [-0.4, -0.2) is 28.0 Å². The Balaban J connectivity index is 1.66. The summed E-state index contributed by atoms with van der Waals surface area (Å²) in [6.07, 6.45) is 0.675. The Morgan fingerprint density at radius 3 is 2.65 bits per heavy atom. The van der Waals surface area contributed by atoms with Gasteiger partial charge in [0.25, 0.3) is 0 Å². The van der Waals surface area contributed by atoms with E-state index in [0.29, 0.717) is 6.54 Å². The van der Waals surface area contributed by atoms with E-state index in [1.807, 2.05) is 37.3 Å². The van der Waals surface area contributed by atoms with Crippen LogP contribution in [0, 0.1) is 13.8 Å². The molecule has 4 heteroatoms. The van der Waals surface area contributed by atoms with Crippen LogP contribution in [0.15, 0.2) is 36.4 Å². The van der Waals surface area contributed by atoms with Gasteiger partial charge in [0.2, 0.25) is 0 Å². The molecule has 4 nitrogen and oxygen atoms in total. The van der Waals surface area contributed by atoms with Gasteiger partial charge in [-0.25, -0.2) is 0 Å². The van der Waals surface area contributed by atoms with Crippen LogP contribution >= 0.6 is 0 Å². The van der Waals surface area contributed by atoms with Crippen LogP contribution in [0.25, 0.3) is 0 Å². The van der Waals surface area contributed by atoms with Crippen LogP contribution in [0.1, 0.15) is 29.5 Å². The van der Waals surface area contributed by atoms with Gasteiger partial charge in [0.15, 0.2) is 0 Å². The third kappa shape index (κ3) is 4.18. The van der Waals surface area contributed by atoms with Gasteiger partial charge in [0, 0.05) is 18.7 Å². The highest BCUT2D eigenvalue weighted by Gasteiger charge is 2.08. The van der Waals surface area contributed by atoms with Crippen LogP contribution in [0.3, 0.4) is 0 Å². The second kappa shape index (κ2) is 7.22. The summed E-state index contributed by atoms with van der Waals surface area (Å²) in [5.74, 6) is 0. The molecule has 3 N–H and O–H groups in total. The second-order valence-electron chi connectivity index (χ2n) is 5.24. The average molecular weight is 274 g/mol. The SMILES string of the molecule is Cc1cc(C)n(CCC[NH2+]C[C@@H](O)c2ccccc2)n1. The van der Waals surface area contributed by atoms with E-state index in [0.717, 1.165) is 30.8 Å². The largest absolute Gasteiger partial charge is 0.382 e. The molecule has 0 bridgehead atoms. The summed E-state index contributed by atoms with van der Waals surface area (Å²) in [6, 6.07) is 11.9. The first kappa shape index (κ1) is 14.8. The Morgan fingerprint density at radius 2 is 2.00 bits per heavy atom. The molecule has 0 aliphatic heterocycles. The number of hydrogen-bond donors (Lipinski definition) is 2. The van der Waals surface area contributed by atoms with Crippen molar-refractivity contribution in [2.24, 2.45) is 0 Å². The van der Waals surface area contributed by atoms with E-state index in [1.165, 1.54) is 5.69 Å². The summed E-state index contributed by atoms with van der Waals surface area (Å²) in [5.41, 5.74) is 3.28. The number of hydrogen-bond acceptors (Lipinski definition) is 2. The van der Waals surface area contributed by atoms with Crippen LogP contribution in [0.5, 0.6) is 0 Å². The highest BCUT2D eigenvalue weighted by atomic mass is 16.3. The lowest BCUT2D eigenvalue weighted by Crippen LogP contribution is -2.85. The van der Waals surface area contributed by atoms with Gasteiger partial charge in [-0.2, -0.15) is 5.10 Å². The zero-order valence-corrected chi connectivity index (χ0v) is 12.3. The van der Waals surface area contributed by atoms with Crippen molar-refractivity contribution >= 4 is 0 Å². The number of nitrogens with two attached hydrogens (primary N) is 1. The van der Waals surface area contributed by atoms with Gasteiger partial charge < -0.3 is 10.4 Å². The Morgan fingerprint density at radius 1 is 1.25 bits per heavy atom. The van der Waals surface area contributed by atoms with Crippen molar-refractivity contribution in [2.75, 3.05) is 13.1 Å². The molecule has 0 amide bonds. The number of aryl methyl sites for hydroxylation is 3. The topological polar surface area (TPSA) is 54.7 Å². The monoisotopic (exact) mass is 274 g/mol. The first-order chi connectivity index (χ1) is 9.66. The van der Waals surface area contributed by atoms with E-state index < -0.39 is 0 Å². The Labute approximate surface area is 120 Å². The van der Waals surface area contributed by atoms with Crippen molar-refractivity contribution in [2.45, 2.75) is 32.9 Å². The predicted molar refractivity (Wildman–Crippen MR) is 79.4 cm³/mol. The number of quaternary nitrogens is 1. The zero-order valence-electron chi connectivity index (χ0n) is 12.3. The molecule has 0 radical (unpaired) electrons. The van der Waals surface area contributed by atoms with E-state index in [4.69, 9.17) is 0 Å². The van der Waals surface area contributed by atoms with Crippen LogP contribution in [-0.2, 0) is 6.54 Å². The summed E-state index contributed by atoms with van der Waals surface area (Å²) in [7, 11) is 0. The molecular formula is C16H24N3O+. The molecule has 20 heavy (non-hydrogen) atoms. The standard InChI is InChI=1S/C16H23N3O/c1-13-11-14(2)19(18-13)10-6-9-17-12-16(20)15-7-4-3-5-8-15/h3-5,7-8,11,16-17,20H,6,9-10,12H2,1-2H3/p+1/t16-/m1/s1. The lowest BCUT2D eigenvalue weighted by Gasteiger charge is -2.10. The quantitative estimate of drug-likeness (QED) is 0.745. The summed E-state index contributed by atoms with van der Waals surface area (Å²) in [4.78, 5) is 0. The molecule has 0 unspecified atom stereocenters. The minimum atomic E-state index is -0.384. The molecule has 1 aromatic carbocycles. The molecule has 0 saturated carbocycles. The number of aliphatic hydroxyl groups excluding tert-OH is 1. The number of nitrogens with zero attached hydrogens (tertiary/aromatic N) is 2. The van der Waals surface area contributed by atoms with Crippen molar-refractivity contribution in [3.63, 3.8) is 0 Å². The van der Waals surface area contributed by atoms with E-state index in [1.54, 1.807) is 0 Å². The maximum absolute atomic E-state index is 10.0. The maximum Gasteiger partial charge on any atom is 0.128 e. The third-order valence-electron chi connectivity index (χ3n) is 3.46. The molecule has 1 heterocycles. The van der Waals surface area contributed by atoms with Gasteiger partial charge in [-0.1, -0.05) is 30.3 Å². The van der Waals surface area contributed by atoms with Crippen molar-refractivity contribution < 1.29 is 10.4 Å². The fourth-order valence-corrected chi connectivity index (χ4v) is 2.37. The lowest BCUT2D eigenvalue weighted by molar-refractivity contribution is -0.662. The predicted octanol–water partition coefficient (Wildman–Crippen LogP) is 1.19. The van der Waals surface area contributed by atoms with Gasteiger partial charge in [0.1, 0.15) is 12.6 Å². The van der Waals surface area contributed by atoms with Crippen molar-refractivity contribution in [1.82, 2.24) is 9.78 Å². The highest BCUT2D eigenvalue weighted by molar-refractivity contribution is 5.16. The smallest absolute Gasteiger partial charge is 0.128 e. The van der Waals surface area contributed by atoms with Crippen LogP contribution in [0.2, 0.25) is 0 Å². The van der Waals surface area contributed by atoms with Crippen LogP contribution < -0.4 is 5.32 Å². The summed E-state index contributed by atoms with van der Waals surface area (Å²) < 4.78 is 2.05. The minimum absolute atomic E-state index is 0.384. The average Bonchev–Trinajstić information content (AvgIpc) is 2.77. The van der Waals surface area contributed by atoms with E-state index >= 15 is 0 Å². The molecule has 0 saturated heterocycles. The third-order valence-corrected chi connectivity index (χ3v) is 3.46. The van der Waals surface area contributed by atoms with E-state index in [-0.39, 0.29) is 6.10 Å². The van der Waals surface area contributed by atoms with E-state index in [2.05, 4.69) is 28.1 Å². The maximum atomic E-state index is 10.0. The molecule has 1 atom stereocenters. The van der Waals surface area contributed by atoms with Gasteiger partial charge in [-0.3, -0.25) is 4.68 Å². The van der Waals surface area contributed by atoms with Crippen LogP contribution in [0.4, 0.5) is 0 Å². The zero-order chi connectivity index (χ0) is 14.4. The molecular weight excluding hydrogens is 250 g/mol. The molecule has 0 aliphatic rings. The van der Waals surface area contributed by atoms with Gasteiger partial charge in [0.05, 0.1) is 12.2 Å². The molecule has 0 fully saturated rings. The number of rotatable bonds is 7. The molecule has 1 aromatic heterocycles. The summed E-state index contributed by atoms with van der Waals surface area (Å²) >= 11 is 0. The first-order valence-electron chi connectivity index (χ1n) is 7.22. The van der Waals surface area contributed by atoms with Gasteiger partial charge in [-0.05, 0) is 25.5 Å². The Kier molecular flexibility index (Phi) is 5.32. The summed E-state index contributed by atoms with van der Waals surface area (Å²) in [6.45, 7) is 6.76. The second-order valence-corrected chi connectivity index (χ2v) is 5.24. The molecule has 2 aromatic rings. The minimum Gasteiger partial charge on any atom is -0.382 e.